The van der Waals surface area contributed by atoms with E-state index in [1.807, 2.05) is 10.6 Å². The number of hydrogen-bond acceptors (Lipinski definition) is 2. The van der Waals surface area contributed by atoms with Crippen LogP contribution < -0.4 is 0 Å². The molecule has 1 atom stereocenters. The topological polar surface area (TPSA) is 30.2 Å². The van der Waals surface area contributed by atoms with Gasteiger partial charge < -0.3 is 0 Å². The van der Waals surface area contributed by atoms with Gasteiger partial charge >= 0.3 is 0 Å². The van der Waals surface area contributed by atoms with Crippen molar-refractivity contribution in [1.29, 1.82) is 0 Å². The van der Waals surface area contributed by atoms with Crippen LogP contribution in [-0.2, 0) is 6.42 Å². The third-order valence-corrected chi connectivity index (χ3v) is 2.93. The van der Waals surface area contributed by atoms with Crippen LogP contribution in [-0.4, -0.2) is 20.0 Å². The Kier molecular flexibility index (Phi) is 2.91. The Bertz CT molecular complexity index is 464. The van der Waals surface area contributed by atoms with Gasteiger partial charge in [0.05, 0.1) is 0 Å². The van der Waals surface area contributed by atoms with Gasteiger partial charge in [0.2, 0.25) is 0 Å². The lowest BCUT2D eigenvalue weighted by Gasteiger charge is -2.08. The van der Waals surface area contributed by atoms with Gasteiger partial charge in [-0.05, 0) is 31.0 Å². The minimum atomic E-state index is 0.166. The fourth-order valence-corrected chi connectivity index (χ4v) is 1.81. The van der Waals surface area contributed by atoms with Crippen LogP contribution in [0.25, 0.3) is 5.65 Å². The van der Waals surface area contributed by atoms with Crippen LogP contribution in [0.4, 0.5) is 0 Å². The number of rotatable bonds is 3. The van der Waals surface area contributed by atoms with E-state index in [4.69, 9.17) is 11.6 Å². The predicted molar refractivity (Wildman–Crippen MR) is 61.4 cm³/mol. The van der Waals surface area contributed by atoms with Gasteiger partial charge in [0, 0.05) is 17.5 Å². The first-order valence-electron chi connectivity index (χ1n) is 5.14. The molecule has 2 aromatic heterocycles. The van der Waals surface area contributed by atoms with Gasteiger partial charge in [-0.3, -0.25) is 0 Å². The summed E-state index contributed by atoms with van der Waals surface area (Å²) >= 11 is 6.16. The molecule has 0 aromatic carbocycles. The first-order valence-corrected chi connectivity index (χ1v) is 5.57. The number of pyridine rings is 1. The Hall–Kier alpha value is -1.09. The lowest BCUT2D eigenvalue weighted by atomic mass is 10.1. The van der Waals surface area contributed by atoms with Crippen LogP contribution >= 0.6 is 11.6 Å². The van der Waals surface area contributed by atoms with Crippen molar-refractivity contribution < 1.29 is 0 Å². The van der Waals surface area contributed by atoms with Crippen LogP contribution in [0.2, 0.25) is 0 Å². The predicted octanol–water partition coefficient (Wildman–Crippen LogP) is 2.60. The molecular weight excluding hydrogens is 210 g/mol. The summed E-state index contributed by atoms with van der Waals surface area (Å²) in [6.45, 7) is 4.15. The summed E-state index contributed by atoms with van der Waals surface area (Å²) in [5.74, 6) is 0. The second kappa shape index (κ2) is 4.19. The van der Waals surface area contributed by atoms with E-state index in [9.17, 15) is 0 Å². The van der Waals surface area contributed by atoms with E-state index in [1.54, 1.807) is 6.33 Å². The zero-order valence-corrected chi connectivity index (χ0v) is 9.70. The molecule has 4 heteroatoms. The van der Waals surface area contributed by atoms with Crippen molar-refractivity contribution in [2.75, 3.05) is 0 Å². The van der Waals surface area contributed by atoms with Crippen molar-refractivity contribution in [3.05, 3.63) is 29.7 Å². The van der Waals surface area contributed by atoms with Crippen molar-refractivity contribution >= 4 is 17.2 Å². The number of halogens is 1. The summed E-state index contributed by atoms with van der Waals surface area (Å²) in [5, 5.41) is 4.36. The van der Waals surface area contributed by atoms with Crippen LogP contribution in [0.5, 0.6) is 0 Å². The Morgan fingerprint density at radius 1 is 1.47 bits per heavy atom. The molecule has 0 saturated heterocycles. The molecule has 2 heterocycles. The summed E-state index contributed by atoms with van der Waals surface area (Å²) < 4.78 is 1.86. The van der Waals surface area contributed by atoms with Crippen LogP contribution in [0.15, 0.2) is 18.5 Å². The minimum Gasteiger partial charge on any atom is -0.218 e. The van der Waals surface area contributed by atoms with Gasteiger partial charge in [0.25, 0.3) is 0 Å². The van der Waals surface area contributed by atoms with Crippen molar-refractivity contribution in [3.63, 3.8) is 0 Å². The molecule has 0 aliphatic carbocycles. The number of aryl methyl sites for hydroxylation is 1. The molecule has 0 fully saturated rings. The second-order valence-electron chi connectivity index (χ2n) is 3.76. The highest BCUT2D eigenvalue weighted by atomic mass is 35.5. The van der Waals surface area contributed by atoms with E-state index in [2.05, 4.69) is 30.0 Å². The summed E-state index contributed by atoms with van der Waals surface area (Å²) in [4.78, 5) is 4.18. The fraction of sp³-hybridized carbons (Fsp3) is 0.455. The molecule has 0 bridgehead atoms. The first kappa shape index (κ1) is 10.4. The van der Waals surface area contributed by atoms with Gasteiger partial charge in [0.15, 0.2) is 5.65 Å². The van der Waals surface area contributed by atoms with Gasteiger partial charge in [-0.2, -0.15) is 5.10 Å². The van der Waals surface area contributed by atoms with Crippen molar-refractivity contribution in [1.82, 2.24) is 14.6 Å². The van der Waals surface area contributed by atoms with Gasteiger partial charge in [-0.15, -0.1) is 11.6 Å². The van der Waals surface area contributed by atoms with Gasteiger partial charge in [-0.1, -0.05) is 6.92 Å². The lowest BCUT2D eigenvalue weighted by Crippen LogP contribution is -2.07. The molecule has 0 amide bonds. The molecule has 2 rings (SSSR count). The van der Waals surface area contributed by atoms with Gasteiger partial charge in [-0.25, -0.2) is 9.50 Å². The largest absolute Gasteiger partial charge is 0.218 e. The molecule has 0 aliphatic heterocycles. The highest BCUT2D eigenvalue weighted by Crippen LogP contribution is 2.14. The number of nitrogens with zero attached hydrogens (tertiary/aromatic N) is 3. The SMILES string of the molecule is CCC(Cl)Cc1cc(C)cc2ncnn12. The smallest absolute Gasteiger partial charge is 0.155 e. The van der Waals surface area contributed by atoms with Gasteiger partial charge in [0.1, 0.15) is 6.33 Å². The van der Waals surface area contributed by atoms with Crippen LogP contribution in [0, 0.1) is 6.92 Å². The number of fused-ring (bicyclic) bond motifs is 1. The summed E-state index contributed by atoms with van der Waals surface area (Å²) in [6, 6.07) is 4.14. The average Bonchev–Trinajstić information content (AvgIpc) is 2.65. The standard InChI is InChI=1S/C11H14ClN3/c1-3-9(12)6-10-4-8(2)5-11-13-7-14-15(10)11/h4-5,7,9H,3,6H2,1-2H3. The summed E-state index contributed by atoms with van der Waals surface area (Å²) in [7, 11) is 0. The molecule has 0 radical (unpaired) electrons. The van der Waals surface area contributed by atoms with Crippen molar-refractivity contribution in [3.8, 4) is 0 Å². The molecule has 1 unspecified atom stereocenters. The Balaban J connectivity index is 2.44. The highest BCUT2D eigenvalue weighted by Gasteiger charge is 2.08. The highest BCUT2D eigenvalue weighted by molar-refractivity contribution is 6.20. The van der Waals surface area contributed by atoms with E-state index in [-0.39, 0.29) is 5.38 Å². The van der Waals surface area contributed by atoms with Crippen LogP contribution in [0.1, 0.15) is 24.6 Å². The van der Waals surface area contributed by atoms with E-state index in [0.717, 1.165) is 24.2 Å². The summed E-state index contributed by atoms with van der Waals surface area (Å²) in [5.41, 5.74) is 3.22. The first-order chi connectivity index (χ1) is 7.20. The maximum absolute atomic E-state index is 6.16. The third kappa shape index (κ3) is 2.12. The Morgan fingerprint density at radius 3 is 3.00 bits per heavy atom. The number of alkyl halides is 1. The zero-order chi connectivity index (χ0) is 10.8. The maximum Gasteiger partial charge on any atom is 0.155 e. The van der Waals surface area contributed by atoms with Crippen molar-refractivity contribution in [2.24, 2.45) is 0 Å². The Labute approximate surface area is 94.1 Å². The second-order valence-corrected chi connectivity index (χ2v) is 4.38. The molecule has 0 saturated carbocycles. The monoisotopic (exact) mass is 223 g/mol. The third-order valence-electron chi connectivity index (χ3n) is 2.47. The molecular formula is C11H14ClN3. The van der Waals surface area contributed by atoms with E-state index < -0.39 is 0 Å². The molecule has 0 spiro atoms. The average molecular weight is 224 g/mol. The van der Waals surface area contributed by atoms with Crippen LogP contribution in [0.3, 0.4) is 0 Å². The zero-order valence-electron chi connectivity index (χ0n) is 8.94. The summed E-state index contributed by atoms with van der Waals surface area (Å²) in [6.07, 6.45) is 3.37. The number of hydrogen-bond donors (Lipinski definition) is 0. The quantitative estimate of drug-likeness (QED) is 0.749. The van der Waals surface area contributed by atoms with E-state index in [0.29, 0.717) is 0 Å². The molecule has 0 aliphatic rings. The normalized spacial score (nSPS) is 13.3. The van der Waals surface area contributed by atoms with Crippen molar-refractivity contribution in [2.45, 2.75) is 32.1 Å². The molecule has 3 nitrogen and oxygen atoms in total. The molecule has 15 heavy (non-hydrogen) atoms. The molecule has 0 N–H and O–H groups in total. The number of aromatic nitrogens is 3. The lowest BCUT2D eigenvalue weighted by molar-refractivity contribution is 0.750. The Morgan fingerprint density at radius 2 is 2.27 bits per heavy atom. The fourth-order valence-electron chi connectivity index (χ4n) is 1.66. The molecule has 2 aromatic rings. The maximum atomic E-state index is 6.16. The molecule has 80 valence electrons. The minimum absolute atomic E-state index is 0.166. The van der Waals surface area contributed by atoms with E-state index >= 15 is 0 Å². The van der Waals surface area contributed by atoms with E-state index in [1.165, 1.54) is 5.56 Å².